The summed E-state index contributed by atoms with van der Waals surface area (Å²) in [5.74, 6) is 0. The number of hydrogen-bond acceptors (Lipinski definition) is 1. The molecule has 1 aromatic carbocycles. The van der Waals surface area contributed by atoms with E-state index < -0.39 is 0 Å². The van der Waals surface area contributed by atoms with E-state index in [-0.39, 0.29) is 0 Å². The van der Waals surface area contributed by atoms with Gasteiger partial charge in [-0.1, -0.05) is 42.5 Å². The van der Waals surface area contributed by atoms with Crippen LogP contribution in [0.15, 0.2) is 36.4 Å². The minimum absolute atomic E-state index is 0.315. The fraction of sp³-hybridized carbons (Fsp3) is 0.333. The standard InChI is InChI=1S/C12H15N/c1-13-12(9-10-12)8-7-11-5-3-2-4-6-11/h2-8,13H,9-10H2,1H3. The number of rotatable bonds is 3. The third-order valence-corrected chi connectivity index (χ3v) is 2.68. The van der Waals surface area contributed by atoms with Gasteiger partial charge in [0.25, 0.3) is 0 Å². The summed E-state index contributed by atoms with van der Waals surface area (Å²) in [6, 6.07) is 10.4. The molecule has 0 spiro atoms. The summed E-state index contributed by atoms with van der Waals surface area (Å²) < 4.78 is 0. The van der Waals surface area contributed by atoms with Crippen molar-refractivity contribution in [1.29, 1.82) is 0 Å². The Balaban J connectivity index is 2.06. The van der Waals surface area contributed by atoms with E-state index in [2.05, 4.69) is 41.7 Å². The second-order valence-corrected chi connectivity index (χ2v) is 3.65. The molecule has 13 heavy (non-hydrogen) atoms. The largest absolute Gasteiger partial charge is 0.311 e. The average molecular weight is 173 g/mol. The quantitative estimate of drug-likeness (QED) is 0.740. The molecule has 1 aromatic rings. The number of nitrogens with one attached hydrogen (secondary N) is 1. The molecular weight excluding hydrogens is 158 g/mol. The predicted molar refractivity (Wildman–Crippen MR) is 56.5 cm³/mol. The molecule has 1 heteroatoms. The molecule has 1 aliphatic rings. The van der Waals surface area contributed by atoms with Gasteiger partial charge in [0.15, 0.2) is 0 Å². The van der Waals surface area contributed by atoms with Crippen LogP contribution in [0.4, 0.5) is 0 Å². The van der Waals surface area contributed by atoms with Gasteiger partial charge in [-0.15, -0.1) is 0 Å². The van der Waals surface area contributed by atoms with Crippen LogP contribution in [0.3, 0.4) is 0 Å². The molecule has 0 heterocycles. The van der Waals surface area contributed by atoms with Crippen molar-refractivity contribution in [1.82, 2.24) is 5.32 Å². The lowest BCUT2D eigenvalue weighted by molar-refractivity contribution is 0.673. The van der Waals surface area contributed by atoms with Crippen molar-refractivity contribution in [3.05, 3.63) is 42.0 Å². The lowest BCUT2D eigenvalue weighted by Crippen LogP contribution is -2.23. The van der Waals surface area contributed by atoms with Gasteiger partial charge in [-0.2, -0.15) is 0 Å². The summed E-state index contributed by atoms with van der Waals surface area (Å²) in [7, 11) is 2.03. The zero-order valence-electron chi connectivity index (χ0n) is 7.96. The van der Waals surface area contributed by atoms with E-state index in [0.717, 1.165) is 0 Å². The lowest BCUT2D eigenvalue weighted by atomic mass is 10.1. The van der Waals surface area contributed by atoms with Crippen molar-refractivity contribution < 1.29 is 0 Å². The molecule has 68 valence electrons. The Morgan fingerprint density at radius 1 is 1.23 bits per heavy atom. The van der Waals surface area contributed by atoms with E-state index in [9.17, 15) is 0 Å². The molecule has 0 aliphatic heterocycles. The second kappa shape index (κ2) is 3.35. The van der Waals surface area contributed by atoms with Gasteiger partial charge in [-0.05, 0) is 25.5 Å². The van der Waals surface area contributed by atoms with E-state index in [1.54, 1.807) is 0 Å². The highest BCUT2D eigenvalue weighted by Gasteiger charge is 2.37. The molecule has 2 rings (SSSR count). The first-order chi connectivity index (χ1) is 6.35. The van der Waals surface area contributed by atoms with Gasteiger partial charge in [-0.25, -0.2) is 0 Å². The fourth-order valence-electron chi connectivity index (χ4n) is 1.45. The lowest BCUT2D eigenvalue weighted by Gasteiger charge is -2.06. The molecule has 1 fully saturated rings. The predicted octanol–water partition coefficient (Wildman–Crippen LogP) is 2.45. The molecule has 1 aliphatic carbocycles. The molecule has 1 N–H and O–H groups in total. The summed E-state index contributed by atoms with van der Waals surface area (Å²) >= 11 is 0. The molecule has 1 nitrogen and oxygen atoms in total. The smallest absolute Gasteiger partial charge is 0.0366 e. The van der Waals surface area contributed by atoms with Crippen LogP contribution in [0.1, 0.15) is 18.4 Å². The van der Waals surface area contributed by atoms with Gasteiger partial charge in [0.1, 0.15) is 0 Å². The molecule has 0 bridgehead atoms. The molecule has 0 amide bonds. The van der Waals surface area contributed by atoms with Crippen molar-refractivity contribution in [2.24, 2.45) is 0 Å². The van der Waals surface area contributed by atoms with Crippen LogP contribution < -0.4 is 5.32 Å². The van der Waals surface area contributed by atoms with Crippen LogP contribution in [0.2, 0.25) is 0 Å². The van der Waals surface area contributed by atoms with Crippen LogP contribution >= 0.6 is 0 Å². The minimum Gasteiger partial charge on any atom is -0.311 e. The van der Waals surface area contributed by atoms with Crippen molar-refractivity contribution in [2.75, 3.05) is 7.05 Å². The molecule has 0 atom stereocenters. The molecule has 0 unspecified atom stereocenters. The van der Waals surface area contributed by atoms with Crippen molar-refractivity contribution in [3.63, 3.8) is 0 Å². The van der Waals surface area contributed by atoms with Crippen LogP contribution in [-0.4, -0.2) is 12.6 Å². The normalized spacial score (nSPS) is 19.2. The van der Waals surface area contributed by atoms with Gasteiger partial charge in [0, 0.05) is 5.54 Å². The maximum Gasteiger partial charge on any atom is 0.0366 e. The minimum atomic E-state index is 0.315. The number of benzene rings is 1. The van der Waals surface area contributed by atoms with Gasteiger partial charge in [0.05, 0.1) is 0 Å². The summed E-state index contributed by atoms with van der Waals surface area (Å²) in [5.41, 5.74) is 1.60. The summed E-state index contributed by atoms with van der Waals surface area (Å²) in [6.07, 6.45) is 7.02. The van der Waals surface area contributed by atoms with E-state index in [1.165, 1.54) is 18.4 Å². The van der Waals surface area contributed by atoms with Crippen LogP contribution in [0, 0.1) is 0 Å². The monoisotopic (exact) mass is 173 g/mol. The molecule has 0 radical (unpaired) electrons. The molecule has 1 saturated carbocycles. The first-order valence-electron chi connectivity index (χ1n) is 4.78. The third kappa shape index (κ3) is 1.99. The van der Waals surface area contributed by atoms with Crippen molar-refractivity contribution >= 4 is 6.08 Å². The van der Waals surface area contributed by atoms with Crippen molar-refractivity contribution in [3.8, 4) is 0 Å². The zero-order valence-corrected chi connectivity index (χ0v) is 7.96. The van der Waals surface area contributed by atoms with E-state index >= 15 is 0 Å². The summed E-state index contributed by atoms with van der Waals surface area (Å²) in [4.78, 5) is 0. The third-order valence-electron chi connectivity index (χ3n) is 2.68. The highest BCUT2D eigenvalue weighted by Crippen LogP contribution is 2.36. The van der Waals surface area contributed by atoms with Crippen LogP contribution in [-0.2, 0) is 0 Å². The topological polar surface area (TPSA) is 12.0 Å². The Labute approximate surface area is 79.5 Å². The maximum absolute atomic E-state index is 3.34. The Morgan fingerprint density at radius 3 is 2.46 bits per heavy atom. The van der Waals surface area contributed by atoms with Crippen molar-refractivity contribution in [2.45, 2.75) is 18.4 Å². The van der Waals surface area contributed by atoms with E-state index in [1.807, 2.05) is 13.1 Å². The van der Waals surface area contributed by atoms with Gasteiger partial charge in [-0.3, -0.25) is 0 Å². The Hall–Kier alpha value is -1.08. The van der Waals surface area contributed by atoms with Crippen LogP contribution in [0.5, 0.6) is 0 Å². The summed E-state index contributed by atoms with van der Waals surface area (Å²) in [6.45, 7) is 0. The Morgan fingerprint density at radius 2 is 1.92 bits per heavy atom. The number of hydrogen-bond donors (Lipinski definition) is 1. The first kappa shape index (κ1) is 8.52. The SMILES string of the molecule is CNC1(C=Cc2ccccc2)CC1. The molecular formula is C12H15N. The maximum atomic E-state index is 3.34. The fourth-order valence-corrected chi connectivity index (χ4v) is 1.45. The first-order valence-corrected chi connectivity index (χ1v) is 4.78. The summed E-state index contributed by atoms with van der Waals surface area (Å²) in [5, 5.41) is 3.34. The Kier molecular flexibility index (Phi) is 2.19. The Bertz CT molecular complexity index is 296. The van der Waals surface area contributed by atoms with E-state index in [4.69, 9.17) is 0 Å². The molecule has 0 saturated heterocycles. The van der Waals surface area contributed by atoms with Gasteiger partial charge in [0.2, 0.25) is 0 Å². The van der Waals surface area contributed by atoms with Gasteiger partial charge < -0.3 is 5.32 Å². The highest BCUT2D eigenvalue weighted by molar-refractivity contribution is 5.51. The zero-order chi connectivity index (χ0) is 9.15. The van der Waals surface area contributed by atoms with E-state index in [0.29, 0.717) is 5.54 Å². The average Bonchev–Trinajstić information content (AvgIpc) is 2.97. The number of likely N-dealkylation sites (N-methyl/N-ethyl adjacent to an activating group) is 1. The highest BCUT2D eigenvalue weighted by atomic mass is 15.0. The second-order valence-electron chi connectivity index (χ2n) is 3.65. The van der Waals surface area contributed by atoms with Crippen LogP contribution in [0.25, 0.3) is 6.08 Å². The van der Waals surface area contributed by atoms with Gasteiger partial charge >= 0.3 is 0 Å². The molecule has 0 aromatic heterocycles.